The number of hydrogen-bond donors (Lipinski definition) is 0. The number of benzene rings is 1. The lowest BCUT2D eigenvalue weighted by Crippen LogP contribution is -2.07. The zero-order valence-electron chi connectivity index (χ0n) is 10.5. The van der Waals surface area contributed by atoms with Gasteiger partial charge in [0.2, 0.25) is 0 Å². The van der Waals surface area contributed by atoms with Crippen molar-refractivity contribution in [2.45, 2.75) is 12.3 Å². The van der Waals surface area contributed by atoms with Gasteiger partial charge in [-0.1, -0.05) is 0 Å². The number of methoxy groups -OCH3 is 1. The molecule has 0 bridgehead atoms. The lowest BCUT2D eigenvalue weighted by atomic mass is 10.2. The molecule has 0 radical (unpaired) electrons. The average Bonchev–Trinajstić information content (AvgIpc) is 2.37. The summed E-state index contributed by atoms with van der Waals surface area (Å²) >= 11 is 5.65. The van der Waals surface area contributed by atoms with E-state index in [-0.39, 0.29) is 11.7 Å². The topological polar surface area (TPSA) is 27.7 Å². The van der Waals surface area contributed by atoms with Crippen molar-refractivity contribution in [2.24, 2.45) is 0 Å². The Balaban J connectivity index is 2.20. The SMILES string of the molecule is COCCOCCCOc1cc(F)cc(CCl)c1. The second-order valence-electron chi connectivity index (χ2n) is 3.74. The van der Waals surface area contributed by atoms with E-state index in [9.17, 15) is 4.39 Å². The molecule has 0 aliphatic rings. The van der Waals surface area contributed by atoms with Crippen LogP contribution in [0.4, 0.5) is 4.39 Å². The molecular formula is C13H18ClFO3. The second kappa shape index (κ2) is 9.14. The van der Waals surface area contributed by atoms with Crippen LogP contribution in [0.2, 0.25) is 0 Å². The predicted molar refractivity (Wildman–Crippen MR) is 68.8 cm³/mol. The molecule has 0 unspecified atom stereocenters. The predicted octanol–water partition coefficient (Wildman–Crippen LogP) is 3.00. The van der Waals surface area contributed by atoms with Crippen molar-refractivity contribution in [1.29, 1.82) is 0 Å². The van der Waals surface area contributed by atoms with E-state index < -0.39 is 0 Å². The quantitative estimate of drug-likeness (QED) is 0.513. The zero-order valence-corrected chi connectivity index (χ0v) is 11.2. The molecule has 0 aliphatic heterocycles. The average molecular weight is 277 g/mol. The molecule has 0 atom stereocenters. The Bertz CT molecular complexity index is 347. The summed E-state index contributed by atoms with van der Waals surface area (Å²) < 4.78 is 28.7. The summed E-state index contributed by atoms with van der Waals surface area (Å²) in [6.07, 6.45) is 0.746. The van der Waals surface area contributed by atoms with E-state index in [1.807, 2.05) is 0 Å². The lowest BCUT2D eigenvalue weighted by Gasteiger charge is -2.08. The van der Waals surface area contributed by atoms with Gasteiger partial charge < -0.3 is 14.2 Å². The number of rotatable bonds is 9. The van der Waals surface area contributed by atoms with E-state index in [4.69, 9.17) is 25.8 Å². The Labute approximate surface area is 112 Å². The van der Waals surface area contributed by atoms with Gasteiger partial charge >= 0.3 is 0 Å². The van der Waals surface area contributed by atoms with E-state index in [0.717, 1.165) is 6.42 Å². The summed E-state index contributed by atoms with van der Waals surface area (Å²) in [6, 6.07) is 4.48. The number of alkyl halides is 1. The Kier molecular flexibility index (Phi) is 7.73. The highest BCUT2D eigenvalue weighted by molar-refractivity contribution is 6.17. The molecule has 1 aromatic carbocycles. The molecule has 0 saturated carbocycles. The van der Waals surface area contributed by atoms with Crippen LogP contribution in [-0.2, 0) is 15.4 Å². The highest BCUT2D eigenvalue weighted by atomic mass is 35.5. The number of halogens is 2. The molecule has 0 amide bonds. The molecular weight excluding hydrogens is 259 g/mol. The smallest absolute Gasteiger partial charge is 0.127 e. The van der Waals surface area contributed by atoms with Crippen molar-refractivity contribution in [3.63, 3.8) is 0 Å². The summed E-state index contributed by atoms with van der Waals surface area (Å²) in [6.45, 7) is 2.25. The first-order valence-corrected chi connectivity index (χ1v) is 6.34. The van der Waals surface area contributed by atoms with Crippen molar-refractivity contribution < 1.29 is 18.6 Å². The lowest BCUT2D eigenvalue weighted by molar-refractivity contribution is 0.0644. The fourth-order valence-corrected chi connectivity index (χ4v) is 1.53. The molecule has 0 aromatic heterocycles. The molecule has 102 valence electrons. The third kappa shape index (κ3) is 6.19. The van der Waals surface area contributed by atoms with Crippen LogP contribution in [0.25, 0.3) is 0 Å². The summed E-state index contributed by atoms with van der Waals surface area (Å²) in [5.41, 5.74) is 0.711. The van der Waals surface area contributed by atoms with Crippen LogP contribution >= 0.6 is 11.6 Å². The number of hydrogen-bond acceptors (Lipinski definition) is 3. The van der Waals surface area contributed by atoms with Crippen LogP contribution in [-0.4, -0.2) is 33.5 Å². The van der Waals surface area contributed by atoms with E-state index in [1.54, 1.807) is 13.2 Å². The zero-order chi connectivity index (χ0) is 13.2. The Hall–Kier alpha value is -0.840. The third-order valence-electron chi connectivity index (χ3n) is 2.22. The fourth-order valence-electron chi connectivity index (χ4n) is 1.38. The van der Waals surface area contributed by atoms with Crippen LogP contribution in [0.3, 0.4) is 0 Å². The summed E-state index contributed by atoms with van der Waals surface area (Å²) in [4.78, 5) is 0. The molecule has 0 spiro atoms. The van der Waals surface area contributed by atoms with Crippen LogP contribution in [0.1, 0.15) is 12.0 Å². The maximum Gasteiger partial charge on any atom is 0.127 e. The molecule has 5 heteroatoms. The van der Waals surface area contributed by atoms with Gasteiger partial charge in [0.05, 0.1) is 19.8 Å². The van der Waals surface area contributed by atoms with Gasteiger partial charge in [-0.25, -0.2) is 4.39 Å². The maximum absolute atomic E-state index is 13.2. The Morgan fingerprint density at radius 2 is 1.94 bits per heavy atom. The van der Waals surface area contributed by atoms with Crippen LogP contribution in [0, 0.1) is 5.82 Å². The minimum absolute atomic E-state index is 0.272. The van der Waals surface area contributed by atoms with Gasteiger partial charge in [0.25, 0.3) is 0 Å². The molecule has 3 nitrogen and oxygen atoms in total. The molecule has 18 heavy (non-hydrogen) atoms. The molecule has 0 aliphatic carbocycles. The first kappa shape index (κ1) is 15.2. The molecule has 1 rings (SSSR count). The highest BCUT2D eigenvalue weighted by Crippen LogP contribution is 2.17. The van der Waals surface area contributed by atoms with Crippen molar-refractivity contribution in [1.82, 2.24) is 0 Å². The van der Waals surface area contributed by atoms with Gasteiger partial charge in [-0.05, 0) is 17.7 Å². The van der Waals surface area contributed by atoms with Gasteiger partial charge in [0.1, 0.15) is 11.6 Å². The van der Waals surface area contributed by atoms with E-state index >= 15 is 0 Å². The van der Waals surface area contributed by atoms with Crippen molar-refractivity contribution in [3.8, 4) is 5.75 Å². The molecule has 0 N–H and O–H groups in total. The first-order valence-electron chi connectivity index (χ1n) is 5.81. The molecule has 0 heterocycles. The Morgan fingerprint density at radius 3 is 2.67 bits per heavy atom. The van der Waals surface area contributed by atoms with Crippen molar-refractivity contribution in [3.05, 3.63) is 29.6 Å². The highest BCUT2D eigenvalue weighted by Gasteiger charge is 2.01. The summed E-state index contributed by atoms with van der Waals surface area (Å²) in [7, 11) is 1.63. The number of ether oxygens (including phenoxy) is 3. The van der Waals surface area contributed by atoms with Crippen LogP contribution in [0.15, 0.2) is 18.2 Å². The maximum atomic E-state index is 13.2. The van der Waals surface area contributed by atoms with Gasteiger partial charge in [0.15, 0.2) is 0 Å². The van der Waals surface area contributed by atoms with E-state index in [0.29, 0.717) is 37.7 Å². The molecule has 1 aromatic rings. The minimum atomic E-state index is -0.334. The Morgan fingerprint density at radius 1 is 1.11 bits per heavy atom. The molecule has 0 saturated heterocycles. The van der Waals surface area contributed by atoms with Gasteiger partial charge in [0, 0.05) is 32.1 Å². The van der Waals surface area contributed by atoms with E-state index in [2.05, 4.69) is 0 Å². The monoisotopic (exact) mass is 276 g/mol. The standard InChI is InChI=1S/C13H18ClFO3/c1-16-5-6-17-3-2-4-18-13-8-11(10-14)7-12(15)9-13/h7-9H,2-6,10H2,1H3. The van der Waals surface area contributed by atoms with Gasteiger partial charge in [-0.15, -0.1) is 11.6 Å². The van der Waals surface area contributed by atoms with Gasteiger partial charge in [-0.2, -0.15) is 0 Å². The first-order chi connectivity index (χ1) is 8.76. The summed E-state index contributed by atoms with van der Waals surface area (Å²) in [5.74, 6) is 0.441. The van der Waals surface area contributed by atoms with Crippen molar-refractivity contribution in [2.75, 3.05) is 33.5 Å². The van der Waals surface area contributed by atoms with Crippen LogP contribution < -0.4 is 4.74 Å². The van der Waals surface area contributed by atoms with Crippen LogP contribution in [0.5, 0.6) is 5.75 Å². The fraction of sp³-hybridized carbons (Fsp3) is 0.538. The molecule has 0 fully saturated rings. The van der Waals surface area contributed by atoms with Crippen molar-refractivity contribution >= 4 is 11.6 Å². The summed E-state index contributed by atoms with van der Waals surface area (Å²) in [5, 5.41) is 0. The largest absolute Gasteiger partial charge is 0.493 e. The minimum Gasteiger partial charge on any atom is -0.493 e. The van der Waals surface area contributed by atoms with E-state index in [1.165, 1.54) is 12.1 Å². The normalized spacial score (nSPS) is 10.6. The third-order valence-corrected chi connectivity index (χ3v) is 2.53. The second-order valence-corrected chi connectivity index (χ2v) is 4.00. The van der Waals surface area contributed by atoms with Gasteiger partial charge in [-0.3, -0.25) is 0 Å².